The molecule has 2 atom stereocenters. The molecule has 0 aliphatic carbocycles. The van der Waals surface area contributed by atoms with Gasteiger partial charge in [0.2, 0.25) is 11.7 Å². The summed E-state index contributed by atoms with van der Waals surface area (Å²) in [6.45, 7) is 8.31. The molecule has 6 heteroatoms. The SMILES string of the molecule is C=CCCC(O)CNC(c1nc(-c2ccc(Br)cc2)no1)C(C)C. The van der Waals surface area contributed by atoms with Crippen molar-refractivity contribution in [1.82, 2.24) is 15.5 Å². The lowest BCUT2D eigenvalue weighted by atomic mass is 10.0. The van der Waals surface area contributed by atoms with Crippen LogP contribution in [0.2, 0.25) is 0 Å². The molecule has 1 heterocycles. The van der Waals surface area contributed by atoms with Gasteiger partial charge in [0, 0.05) is 16.6 Å². The smallest absolute Gasteiger partial charge is 0.244 e. The minimum Gasteiger partial charge on any atom is -0.392 e. The number of rotatable bonds is 9. The first kappa shape index (κ1) is 18.8. The molecule has 2 N–H and O–H groups in total. The largest absolute Gasteiger partial charge is 0.392 e. The van der Waals surface area contributed by atoms with Crippen LogP contribution in [0.5, 0.6) is 0 Å². The molecule has 0 aliphatic rings. The molecule has 0 bridgehead atoms. The first-order chi connectivity index (χ1) is 11.5. The van der Waals surface area contributed by atoms with Crippen molar-refractivity contribution < 1.29 is 9.63 Å². The molecule has 1 aromatic heterocycles. The lowest BCUT2D eigenvalue weighted by molar-refractivity contribution is 0.150. The first-order valence-corrected chi connectivity index (χ1v) is 8.92. The van der Waals surface area contributed by atoms with Crippen LogP contribution < -0.4 is 5.32 Å². The van der Waals surface area contributed by atoms with E-state index in [4.69, 9.17) is 4.52 Å². The molecule has 2 rings (SSSR count). The Labute approximate surface area is 151 Å². The van der Waals surface area contributed by atoms with E-state index < -0.39 is 6.10 Å². The van der Waals surface area contributed by atoms with E-state index in [1.807, 2.05) is 30.3 Å². The summed E-state index contributed by atoms with van der Waals surface area (Å²) in [5.41, 5.74) is 0.904. The molecule has 0 saturated carbocycles. The van der Waals surface area contributed by atoms with E-state index in [0.717, 1.165) is 16.5 Å². The van der Waals surface area contributed by atoms with Crippen LogP contribution in [0.3, 0.4) is 0 Å². The molecule has 5 nitrogen and oxygen atoms in total. The molecule has 2 unspecified atom stereocenters. The van der Waals surface area contributed by atoms with Crippen LogP contribution >= 0.6 is 15.9 Å². The number of aliphatic hydroxyl groups excluding tert-OH is 1. The fourth-order valence-corrected chi connectivity index (χ4v) is 2.63. The standard InChI is InChI=1S/C18H24BrN3O2/c1-4-5-6-15(23)11-20-16(12(2)3)18-21-17(22-24-18)13-7-9-14(19)10-8-13/h4,7-10,12,15-16,20,23H,1,5-6,11H2,2-3H3. The third kappa shape index (κ3) is 5.26. The van der Waals surface area contributed by atoms with E-state index in [9.17, 15) is 5.11 Å². The lowest BCUT2D eigenvalue weighted by Gasteiger charge is -2.20. The average Bonchev–Trinajstić information content (AvgIpc) is 3.03. The molecule has 24 heavy (non-hydrogen) atoms. The third-order valence-corrected chi connectivity index (χ3v) is 4.28. The zero-order chi connectivity index (χ0) is 17.5. The summed E-state index contributed by atoms with van der Waals surface area (Å²) >= 11 is 3.41. The van der Waals surface area contributed by atoms with Crippen molar-refractivity contribution in [2.24, 2.45) is 5.92 Å². The summed E-state index contributed by atoms with van der Waals surface area (Å²) in [5, 5.41) is 17.4. The van der Waals surface area contributed by atoms with Crippen LogP contribution in [0, 0.1) is 5.92 Å². The van der Waals surface area contributed by atoms with Gasteiger partial charge in [-0.05, 0) is 43.0 Å². The van der Waals surface area contributed by atoms with Gasteiger partial charge in [0.15, 0.2) is 0 Å². The van der Waals surface area contributed by atoms with Crippen LogP contribution in [-0.4, -0.2) is 27.9 Å². The van der Waals surface area contributed by atoms with Crippen molar-refractivity contribution in [3.05, 3.63) is 47.3 Å². The van der Waals surface area contributed by atoms with Crippen molar-refractivity contribution in [1.29, 1.82) is 0 Å². The van der Waals surface area contributed by atoms with Crippen LogP contribution in [-0.2, 0) is 0 Å². The number of benzene rings is 1. The number of nitrogens with zero attached hydrogens (tertiary/aromatic N) is 2. The fraction of sp³-hybridized carbons (Fsp3) is 0.444. The molecule has 130 valence electrons. The van der Waals surface area contributed by atoms with Crippen molar-refractivity contribution in [3.63, 3.8) is 0 Å². The molecular formula is C18H24BrN3O2. The quantitative estimate of drug-likeness (QED) is 0.627. The number of halogens is 1. The van der Waals surface area contributed by atoms with Crippen LogP contribution in [0.25, 0.3) is 11.4 Å². The molecule has 0 radical (unpaired) electrons. The Morgan fingerprint density at radius 1 is 1.33 bits per heavy atom. The van der Waals surface area contributed by atoms with Gasteiger partial charge in [-0.1, -0.05) is 41.0 Å². The Kier molecular flexibility index (Phi) is 7.15. The average molecular weight is 394 g/mol. The Bertz CT molecular complexity index is 640. The number of hydrogen-bond acceptors (Lipinski definition) is 5. The summed E-state index contributed by atoms with van der Waals surface area (Å²) < 4.78 is 6.46. The Hall–Kier alpha value is -1.50. The maximum atomic E-state index is 9.99. The predicted octanol–water partition coefficient (Wildman–Crippen LogP) is 4.11. The maximum Gasteiger partial charge on any atom is 0.244 e. The van der Waals surface area contributed by atoms with Gasteiger partial charge in [0.25, 0.3) is 0 Å². The van der Waals surface area contributed by atoms with E-state index >= 15 is 0 Å². The van der Waals surface area contributed by atoms with Crippen molar-refractivity contribution in [2.75, 3.05) is 6.54 Å². The Morgan fingerprint density at radius 2 is 2.04 bits per heavy atom. The van der Waals surface area contributed by atoms with Crippen molar-refractivity contribution in [3.8, 4) is 11.4 Å². The Morgan fingerprint density at radius 3 is 2.67 bits per heavy atom. The van der Waals surface area contributed by atoms with E-state index in [1.54, 1.807) is 0 Å². The van der Waals surface area contributed by atoms with E-state index in [2.05, 4.69) is 51.8 Å². The van der Waals surface area contributed by atoms with Gasteiger partial charge in [0.05, 0.1) is 12.1 Å². The molecule has 0 spiro atoms. The first-order valence-electron chi connectivity index (χ1n) is 8.13. The van der Waals surface area contributed by atoms with Gasteiger partial charge in [-0.15, -0.1) is 6.58 Å². The topological polar surface area (TPSA) is 71.2 Å². The second kappa shape index (κ2) is 9.11. The van der Waals surface area contributed by atoms with Crippen LogP contribution in [0.1, 0.15) is 38.6 Å². The van der Waals surface area contributed by atoms with Gasteiger partial charge >= 0.3 is 0 Å². The number of nitrogens with one attached hydrogen (secondary N) is 1. The highest BCUT2D eigenvalue weighted by atomic mass is 79.9. The van der Waals surface area contributed by atoms with Gasteiger partial charge in [0.1, 0.15) is 0 Å². The highest BCUT2D eigenvalue weighted by Crippen LogP contribution is 2.24. The van der Waals surface area contributed by atoms with Gasteiger partial charge in [-0.3, -0.25) is 0 Å². The summed E-state index contributed by atoms with van der Waals surface area (Å²) in [6.07, 6.45) is 2.88. The zero-order valence-corrected chi connectivity index (χ0v) is 15.7. The van der Waals surface area contributed by atoms with E-state index in [1.165, 1.54) is 0 Å². The molecule has 1 aromatic carbocycles. The normalized spacial score (nSPS) is 13.9. The van der Waals surface area contributed by atoms with Crippen LogP contribution in [0.15, 0.2) is 45.9 Å². The number of allylic oxidation sites excluding steroid dienone is 1. The van der Waals surface area contributed by atoms with Gasteiger partial charge in [-0.2, -0.15) is 4.98 Å². The lowest BCUT2D eigenvalue weighted by Crippen LogP contribution is -2.33. The summed E-state index contributed by atoms with van der Waals surface area (Å²) in [7, 11) is 0. The highest BCUT2D eigenvalue weighted by molar-refractivity contribution is 9.10. The zero-order valence-electron chi connectivity index (χ0n) is 14.1. The minimum atomic E-state index is -0.418. The summed E-state index contributed by atoms with van der Waals surface area (Å²) in [6, 6.07) is 7.67. The second-order valence-corrected chi connectivity index (χ2v) is 7.03. The number of aliphatic hydroxyl groups is 1. The van der Waals surface area contributed by atoms with E-state index in [-0.39, 0.29) is 12.0 Å². The van der Waals surface area contributed by atoms with Gasteiger partial charge < -0.3 is 14.9 Å². The van der Waals surface area contributed by atoms with Crippen molar-refractivity contribution in [2.45, 2.75) is 38.8 Å². The summed E-state index contributed by atoms with van der Waals surface area (Å²) in [5.74, 6) is 1.37. The molecule has 2 aromatic rings. The minimum absolute atomic E-state index is 0.0971. The van der Waals surface area contributed by atoms with Crippen molar-refractivity contribution >= 4 is 15.9 Å². The molecule has 0 fully saturated rings. The monoisotopic (exact) mass is 393 g/mol. The van der Waals surface area contributed by atoms with E-state index in [0.29, 0.717) is 24.7 Å². The molecule has 0 saturated heterocycles. The highest BCUT2D eigenvalue weighted by Gasteiger charge is 2.23. The second-order valence-electron chi connectivity index (χ2n) is 6.11. The fourth-order valence-electron chi connectivity index (χ4n) is 2.36. The molecule has 0 amide bonds. The number of hydrogen-bond donors (Lipinski definition) is 2. The van der Waals surface area contributed by atoms with Crippen LogP contribution in [0.4, 0.5) is 0 Å². The number of aromatic nitrogens is 2. The molecular weight excluding hydrogens is 370 g/mol. The van der Waals surface area contributed by atoms with Gasteiger partial charge in [-0.25, -0.2) is 0 Å². The summed E-state index contributed by atoms with van der Waals surface area (Å²) in [4.78, 5) is 4.52. The maximum absolute atomic E-state index is 9.99. The molecule has 0 aliphatic heterocycles. The third-order valence-electron chi connectivity index (χ3n) is 3.75. The Balaban J connectivity index is 2.06. The predicted molar refractivity (Wildman–Crippen MR) is 98.5 cm³/mol.